The Morgan fingerprint density at radius 2 is 1.80 bits per heavy atom. The van der Waals surface area contributed by atoms with Crippen molar-refractivity contribution < 1.29 is 14.6 Å². The number of para-hydroxylation sites is 2. The highest BCUT2D eigenvalue weighted by Gasteiger charge is 2.15. The van der Waals surface area contributed by atoms with E-state index in [2.05, 4.69) is 15.9 Å². The number of hydrogen-bond acceptors (Lipinski definition) is 3. The normalized spacial score (nSPS) is 10.6. The second kappa shape index (κ2) is 7.57. The lowest BCUT2D eigenvalue weighted by Crippen LogP contribution is -2.22. The lowest BCUT2D eigenvalue weighted by molar-refractivity contribution is -0.305. The van der Waals surface area contributed by atoms with Crippen LogP contribution < -0.4 is 9.84 Å². The van der Waals surface area contributed by atoms with Crippen LogP contribution in [0.25, 0.3) is 16.9 Å². The van der Waals surface area contributed by atoms with E-state index in [4.69, 9.17) is 4.74 Å². The summed E-state index contributed by atoms with van der Waals surface area (Å²) in [6, 6.07) is 19.7. The molecule has 4 nitrogen and oxygen atoms in total. The minimum atomic E-state index is -1.06. The Bertz CT molecular complexity index is 884. The standard InChI is InChI=1S/C20H18BrNO3/c1-25-19-5-3-2-4-18(19)22-16(11-13-20(23)24)10-12-17(22)14-6-8-15(21)9-7-14/h2-10,12H,11,13H2,1H3,(H,23,24)/p-1. The average molecular weight is 399 g/mol. The van der Waals surface area contributed by atoms with E-state index >= 15 is 0 Å². The number of carbonyl (C=O) groups is 1. The highest BCUT2D eigenvalue weighted by atomic mass is 79.9. The lowest BCUT2D eigenvalue weighted by Gasteiger charge is -2.17. The molecule has 0 aliphatic rings. The highest BCUT2D eigenvalue weighted by molar-refractivity contribution is 9.10. The van der Waals surface area contributed by atoms with E-state index in [1.807, 2.05) is 65.2 Å². The molecule has 128 valence electrons. The Labute approximate surface area is 154 Å². The van der Waals surface area contributed by atoms with E-state index in [1.54, 1.807) is 7.11 Å². The molecule has 1 aromatic heterocycles. The number of aliphatic carboxylic acids is 1. The summed E-state index contributed by atoms with van der Waals surface area (Å²) in [7, 11) is 1.63. The molecule has 1 heterocycles. The van der Waals surface area contributed by atoms with Crippen LogP contribution in [-0.4, -0.2) is 17.6 Å². The number of halogens is 1. The summed E-state index contributed by atoms with van der Waals surface area (Å²) in [6.45, 7) is 0. The zero-order valence-corrected chi connectivity index (χ0v) is 15.3. The number of methoxy groups -OCH3 is 1. The van der Waals surface area contributed by atoms with Gasteiger partial charge in [0.2, 0.25) is 0 Å². The number of aryl methyl sites for hydroxylation is 1. The fourth-order valence-electron chi connectivity index (χ4n) is 2.85. The first-order valence-corrected chi connectivity index (χ1v) is 8.69. The van der Waals surface area contributed by atoms with E-state index in [9.17, 15) is 9.90 Å². The first-order valence-electron chi connectivity index (χ1n) is 7.90. The number of nitrogens with zero attached hydrogens (tertiary/aromatic N) is 1. The average Bonchev–Trinajstić information content (AvgIpc) is 3.04. The van der Waals surface area contributed by atoms with E-state index in [1.165, 1.54) is 0 Å². The van der Waals surface area contributed by atoms with Crippen LogP contribution in [0.5, 0.6) is 5.75 Å². The Hall–Kier alpha value is -2.53. The fraction of sp³-hybridized carbons (Fsp3) is 0.150. The van der Waals surface area contributed by atoms with Crippen molar-refractivity contribution in [2.75, 3.05) is 7.11 Å². The number of ether oxygens (including phenoxy) is 1. The molecule has 0 atom stereocenters. The number of rotatable bonds is 6. The van der Waals surface area contributed by atoms with Crippen LogP contribution in [0, 0.1) is 0 Å². The third kappa shape index (κ3) is 3.77. The topological polar surface area (TPSA) is 54.3 Å². The third-order valence-electron chi connectivity index (χ3n) is 4.01. The molecular formula is C20H17BrNO3-. The van der Waals surface area contributed by atoms with Gasteiger partial charge in [-0.2, -0.15) is 0 Å². The molecule has 0 spiro atoms. The van der Waals surface area contributed by atoms with Crippen LogP contribution in [0.2, 0.25) is 0 Å². The number of aromatic nitrogens is 1. The number of carbonyl (C=O) groups excluding carboxylic acids is 1. The Morgan fingerprint density at radius 3 is 2.48 bits per heavy atom. The minimum Gasteiger partial charge on any atom is -0.550 e. The lowest BCUT2D eigenvalue weighted by atomic mass is 10.1. The van der Waals surface area contributed by atoms with Crippen molar-refractivity contribution in [3.05, 3.63) is 70.8 Å². The Morgan fingerprint density at radius 1 is 1.08 bits per heavy atom. The predicted octanol–water partition coefficient (Wildman–Crippen LogP) is 3.60. The third-order valence-corrected chi connectivity index (χ3v) is 4.54. The summed E-state index contributed by atoms with van der Waals surface area (Å²) < 4.78 is 8.55. The van der Waals surface area contributed by atoms with Gasteiger partial charge in [0.1, 0.15) is 5.75 Å². The van der Waals surface area contributed by atoms with E-state index in [0.29, 0.717) is 6.42 Å². The van der Waals surface area contributed by atoms with Gasteiger partial charge in [-0.25, -0.2) is 0 Å². The Kier molecular flexibility index (Phi) is 5.24. The molecule has 0 saturated carbocycles. The zero-order valence-electron chi connectivity index (χ0n) is 13.7. The molecule has 0 aliphatic carbocycles. The molecular weight excluding hydrogens is 382 g/mol. The first-order chi connectivity index (χ1) is 12.1. The van der Waals surface area contributed by atoms with Gasteiger partial charge in [0.15, 0.2) is 0 Å². The summed E-state index contributed by atoms with van der Waals surface area (Å²) in [5.74, 6) is -0.329. The second-order valence-corrected chi connectivity index (χ2v) is 6.51. The van der Waals surface area contributed by atoms with Crippen molar-refractivity contribution in [3.8, 4) is 22.7 Å². The van der Waals surface area contributed by atoms with Gasteiger partial charge < -0.3 is 19.2 Å². The molecule has 0 radical (unpaired) electrons. The minimum absolute atomic E-state index is 0.0288. The number of carboxylic acid groups (broad SMARTS) is 1. The van der Waals surface area contributed by atoms with Crippen molar-refractivity contribution in [2.45, 2.75) is 12.8 Å². The molecule has 3 rings (SSSR count). The molecule has 25 heavy (non-hydrogen) atoms. The summed E-state index contributed by atoms with van der Waals surface area (Å²) in [4.78, 5) is 10.9. The van der Waals surface area contributed by atoms with Crippen LogP contribution in [0.1, 0.15) is 12.1 Å². The molecule has 0 fully saturated rings. The van der Waals surface area contributed by atoms with Gasteiger partial charge >= 0.3 is 0 Å². The summed E-state index contributed by atoms with van der Waals surface area (Å²) in [5.41, 5.74) is 3.78. The maximum atomic E-state index is 10.9. The zero-order chi connectivity index (χ0) is 17.8. The molecule has 0 bridgehead atoms. The molecule has 0 unspecified atom stereocenters. The van der Waals surface area contributed by atoms with E-state index in [-0.39, 0.29) is 6.42 Å². The van der Waals surface area contributed by atoms with Crippen molar-refractivity contribution in [3.63, 3.8) is 0 Å². The SMILES string of the molecule is COc1ccccc1-n1c(CCC(=O)[O-])ccc1-c1ccc(Br)cc1. The molecule has 0 amide bonds. The van der Waals surface area contributed by atoms with Gasteiger partial charge in [-0.15, -0.1) is 0 Å². The van der Waals surface area contributed by atoms with Crippen LogP contribution in [-0.2, 0) is 11.2 Å². The molecule has 2 aromatic carbocycles. The van der Waals surface area contributed by atoms with Crippen LogP contribution in [0.3, 0.4) is 0 Å². The van der Waals surface area contributed by atoms with Gasteiger partial charge in [0.25, 0.3) is 0 Å². The van der Waals surface area contributed by atoms with Crippen LogP contribution in [0.15, 0.2) is 65.1 Å². The van der Waals surface area contributed by atoms with Gasteiger partial charge in [0.05, 0.1) is 18.5 Å². The number of carboxylic acids is 1. The smallest absolute Gasteiger partial charge is 0.142 e. The quantitative estimate of drug-likeness (QED) is 0.637. The van der Waals surface area contributed by atoms with Gasteiger partial charge in [-0.05, 0) is 54.8 Å². The predicted molar refractivity (Wildman–Crippen MR) is 98.8 cm³/mol. The number of benzene rings is 2. The molecule has 0 saturated heterocycles. The van der Waals surface area contributed by atoms with E-state index < -0.39 is 5.97 Å². The Balaban J connectivity index is 2.16. The van der Waals surface area contributed by atoms with Gasteiger partial charge in [-0.3, -0.25) is 0 Å². The van der Waals surface area contributed by atoms with E-state index in [0.717, 1.165) is 32.9 Å². The van der Waals surface area contributed by atoms with Crippen LogP contribution >= 0.6 is 15.9 Å². The van der Waals surface area contributed by atoms with Gasteiger partial charge in [0, 0.05) is 16.1 Å². The summed E-state index contributed by atoms with van der Waals surface area (Å²) in [5, 5.41) is 10.9. The van der Waals surface area contributed by atoms with Crippen molar-refractivity contribution in [2.24, 2.45) is 0 Å². The summed E-state index contributed by atoms with van der Waals surface area (Å²) in [6.07, 6.45) is 0.357. The maximum Gasteiger partial charge on any atom is 0.142 e. The first kappa shape index (κ1) is 17.3. The molecule has 5 heteroatoms. The van der Waals surface area contributed by atoms with Crippen molar-refractivity contribution >= 4 is 21.9 Å². The summed E-state index contributed by atoms with van der Waals surface area (Å²) >= 11 is 3.45. The highest BCUT2D eigenvalue weighted by Crippen LogP contribution is 2.32. The number of hydrogen-bond donors (Lipinski definition) is 0. The monoisotopic (exact) mass is 398 g/mol. The van der Waals surface area contributed by atoms with Gasteiger partial charge in [-0.1, -0.05) is 40.2 Å². The van der Waals surface area contributed by atoms with Crippen LogP contribution in [0.4, 0.5) is 0 Å². The van der Waals surface area contributed by atoms with Crippen molar-refractivity contribution in [1.82, 2.24) is 4.57 Å². The molecule has 0 aliphatic heterocycles. The molecule has 3 aromatic rings. The largest absolute Gasteiger partial charge is 0.550 e. The maximum absolute atomic E-state index is 10.9. The second-order valence-electron chi connectivity index (χ2n) is 5.60. The fourth-order valence-corrected chi connectivity index (χ4v) is 3.11. The van der Waals surface area contributed by atoms with Crippen molar-refractivity contribution in [1.29, 1.82) is 0 Å². The molecule has 0 N–H and O–H groups in total.